The monoisotopic (exact) mass is 372 g/mol. The van der Waals surface area contributed by atoms with Gasteiger partial charge in [-0.3, -0.25) is 9.89 Å². The van der Waals surface area contributed by atoms with Crippen LogP contribution in [0.2, 0.25) is 0 Å². The first-order valence-corrected chi connectivity index (χ1v) is 10.1. The summed E-state index contributed by atoms with van der Waals surface area (Å²) in [6.45, 7) is 8.81. The van der Waals surface area contributed by atoms with E-state index < -0.39 is 0 Å². The number of nitrogens with one attached hydrogen (secondary N) is 2. The van der Waals surface area contributed by atoms with Crippen molar-refractivity contribution in [2.45, 2.75) is 36.6 Å². The molecule has 2 aliphatic heterocycles. The van der Waals surface area contributed by atoms with Gasteiger partial charge < -0.3 is 20.1 Å². The van der Waals surface area contributed by atoms with Gasteiger partial charge in [0.05, 0.1) is 32.0 Å². The molecular formula is C16H28N4O2S2. The molecule has 3 rings (SSSR count). The van der Waals surface area contributed by atoms with E-state index in [0.29, 0.717) is 24.5 Å². The molecule has 1 saturated carbocycles. The first-order valence-electron chi connectivity index (χ1n) is 8.79. The smallest absolute Gasteiger partial charge is 0.166 e. The topological polar surface area (TPSA) is 58.1 Å². The predicted octanol–water partition coefficient (Wildman–Crippen LogP) is 0.864. The van der Waals surface area contributed by atoms with Crippen LogP contribution in [0.25, 0.3) is 0 Å². The van der Waals surface area contributed by atoms with Gasteiger partial charge in [-0.2, -0.15) is 0 Å². The van der Waals surface area contributed by atoms with Crippen LogP contribution in [0.5, 0.6) is 0 Å². The minimum Gasteiger partial charge on any atom is -0.379 e. The molecule has 1 saturated heterocycles. The van der Waals surface area contributed by atoms with Crippen LogP contribution in [-0.2, 0) is 9.47 Å². The van der Waals surface area contributed by atoms with Crippen molar-refractivity contribution in [1.82, 2.24) is 15.5 Å². The number of aliphatic imine (C=N–C) groups is 1. The van der Waals surface area contributed by atoms with E-state index in [4.69, 9.17) is 26.7 Å². The van der Waals surface area contributed by atoms with Crippen LogP contribution in [0.4, 0.5) is 0 Å². The molecule has 2 heterocycles. The van der Waals surface area contributed by atoms with Crippen molar-refractivity contribution >= 4 is 34.6 Å². The molecule has 0 amide bonds. The third kappa shape index (κ3) is 5.29. The average Bonchev–Trinajstić information content (AvgIpc) is 3.32. The van der Waals surface area contributed by atoms with Crippen LogP contribution in [0.3, 0.4) is 0 Å². The Morgan fingerprint density at radius 1 is 1.46 bits per heavy atom. The van der Waals surface area contributed by atoms with Gasteiger partial charge in [-0.25, -0.2) is 0 Å². The molecule has 24 heavy (non-hydrogen) atoms. The zero-order valence-corrected chi connectivity index (χ0v) is 16.0. The second-order valence-electron chi connectivity index (χ2n) is 6.73. The van der Waals surface area contributed by atoms with Crippen LogP contribution in [0, 0.1) is 0 Å². The predicted molar refractivity (Wildman–Crippen MR) is 103 cm³/mol. The molecule has 2 unspecified atom stereocenters. The number of hydrogen-bond donors (Lipinski definition) is 2. The number of ether oxygens (including phenoxy) is 2. The maximum atomic E-state index is 5.97. The van der Waals surface area contributed by atoms with Gasteiger partial charge in [0.2, 0.25) is 0 Å². The highest BCUT2D eigenvalue weighted by Crippen LogP contribution is 2.33. The van der Waals surface area contributed by atoms with Crippen molar-refractivity contribution in [3.63, 3.8) is 0 Å². The zero-order valence-electron chi connectivity index (χ0n) is 14.3. The van der Waals surface area contributed by atoms with Crippen LogP contribution < -0.4 is 10.6 Å². The molecule has 3 aliphatic rings. The molecule has 0 bridgehead atoms. The molecule has 0 aromatic rings. The van der Waals surface area contributed by atoms with Crippen molar-refractivity contribution < 1.29 is 9.47 Å². The third-order valence-electron chi connectivity index (χ3n) is 4.73. The number of nitrogens with zero attached hydrogens (tertiary/aromatic N) is 2. The summed E-state index contributed by atoms with van der Waals surface area (Å²) >= 11 is 7.05. The van der Waals surface area contributed by atoms with Gasteiger partial charge in [0, 0.05) is 37.5 Å². The summed E-state index contributed by atoms with van der Waals surface area (Å²) in [6.07, 6.45) is 2.46. The molecule has 0 aromatic carbocycles. The average molecular weight is 373 g/mol. The van der Waals surface area contributed by atoms with Gasteiger partial charge >= 0.3 is 0 Å². The maximum absolute atomic E-state index is 5.97. The lowest BCUT2D eigenvalue weighted by atomic mass is 9.96. The fourth-order valence-corrected chi connectivity index (χ4v) is 4.10. The van der Waals surface area contributed by atoms with Crippen molar-refractivity contribution in [2.75, 3.05) is 52.6 Å². The molecule has 6 nitrogen and oxygen atoms in total. The maximum Gasteiger partial charge on any atom is 0.166 e. The van der Waals surface area contributed by atoms with Gasteiger partial charge in [-0.15, -0.1) is 11.8 Å². The summed E-state index contributed by atoms with van der Waals surface area (Å²) in [5.41, 5.74) is 1.84. The SMILES string of the molecule is CC1SC=NC1(COCCNC(=S)NC1CC1)CN1CCOCC1. The van der Waals surface area contributed by atoms with E-state index in [1.54, 1.807) is 11.8 Å². The van der Waals surface area contributed by atoms with Crippen LogP contribution >= 0.6 is 24.0 Å². The fourth-order valence-electron chi connectivity index (χ4n) is 2.92. The first kappa shape index (κ1) is 18.4. The fraction of sp³-hybridized carbons (Fsp3) is 0.875. The molecule has 2 fully saturated rings. The van der Waals surface area contributed by atoms with E-state index in [1.165, 1.54) is 12.8 Å². The highest BCUT2D eigenvalue weighted by Gasteiger charge is 2.41. The number of morpholine rings is 1. The van der Waals surface area contributed by atoms with Crippen molar-refractivity contribution in [3.05, 3.63) is 0 Å². The second-order valence-corrected chi connectivity index (χ2v) is 8.33. The molecule has 0 radical (unpaired) electrons. The standard InChI is InChI=1S/C16H28N4O2S2/c1-13-16(18-12-24-13,10-20-5-8-21-9-6-20)11-22-7-4-17-15(23)19-14-2-3-14/h12-14H,2-11H2,1H3,(H2,17,19,23). The van der Waals surface area contributed by atoms with Crippen molar-refractivity contribution in [2.24, 2.45) is 4.99 Å². The first-order chi connectivity index (χ1) is 11.7. The van der Waals surface area contributed by atoms with Gasteiger partial charge in [-0.1, -0.05) is 6.92 Å². The summed E-state index contributed by atoms with van der Waals surface area (Å²) in [6, 6.07) is 0.591. The lowest BCUT2D eigenvalue weighted by Gasteiger charge is -2.37. The van der Waals surface area contributed by atoms with Crippen LogP contribution in [0.15, 0.2) is 4.99 Å². The summed E-state index contributed by atoms with van der Waals surface area (Å²) < 4.78 is 11.4. The van der Waals surface area contributed by atoms with Gasteiger partial charge in [0.25, 0.3) is 0 Å². The van der Waals surface area contributed by atoms with E-state index in [1.807, 2.05) is 5.55 Å². The Kier molecular flexibility index (Phi) is 6.74. The molecule has 2 N–H and O–H groups in total. The molecule has 136 valence electrons. The lowest BCUT2D eigenvalue weighted by molar-refractivity contribution is 0.0125. The van der Waals surface area contributed by atoms with Gasteiger partial charge in [0.15, 0.2) is 5.11 Å². The van der Waals surface area contributed by atoms with E-state index >= 15 is 0 Å². The van der Waals surface area contributed by atoms with Crippen molar-refractivity contribution in [1.29, 1.82) is 0 Å². The van der Waals surface area contributed by atoms with E-state index in [9.17, 15) is 0 Å². The number of thiocarbonyl (C=S) groups is 1. The summed E-state index contributed by atoms with van der Waals surface area (Å²) in [7, 11) is 0. The van der Waals surface area contributed by atoms with Gasteiger partial charge in [-0.05, 0) is 25.1 Å². The molecule has 0 aromatic heterocycles. The third-order valence-corrected chi connectivity index (χ3v) is 6.07. The van der Waals surface area contributed by atoms with Gasteiger partial charge in [0.1, 0.15) is 5.54 Å². The minimum atomic E-state index is -0.144. The summed E-state index contributed by atoms with van der Waals surface area (Å²) in [4.78, 5) is 7.24. The Bertz CT molecular complexity index is 455. The van der Waals surface area contributed by atoms with E-state index in [-0.39, 0.29) is 5.54 Å². The van der Waals surface area contributed by atoms with E-state index in [2.05, 4.69) is 22.5 Å². The largest absolute Gasteiger partial charge is 0.379 e. The number of thioether (sulfide) groups is 1. The molecule has 0 spiro atoms. The minimum absolute atomic E-state index is 0.144. The highest BCUT2D eigenvalue weighted by molar-refractivity contribution is 8.12. The Balaban J connectivity index is 1.39. The normalized spacial score (nSPS) is 30.5. The highest BCUT2D eigenvalue weighted by atomic mass is 32.2. The summed E-state index contributed by atoms with van der Waals surface area (Å²) in [5, 5.41) is 7.66. The molecule has 2 atom stereocenters. The number of rotatable bonds is 8. The van der Waals surface area contributed by atoms with Crippen molar-refractivity contribution in [3.8, 4) is 0 Å². The second kappa shape index (κ2) is 8.80. The van der Waals surface area contributed by atoms with Crippen LogP contribution in [0.1, 0.15) is 19.8 Å². The number of hydrogen-bond acceptors (Lipinski definition) is 6. The Morgan fingerprint density at radius 3 is 2.92 bits per heavy atom. The Hall–Kier alpha value is -0.410. The molecule has 1 aliphatic carbocycles. The molecule has 8 heteroatoms. The quantitative estimate of drug-likeness (QED) is 0.484. The molecular weight excluding hydrogens is 344 g/mol. The lowest BCUT2D eigenvalue weighted by Crippen LogP contribution is -2.52. The Morgan fingerprint density at radius 2 is 2.25 bits per heavy atom. The zero-order chi connectivity index (χ0) is 16.8. The van der Waals surface area contributed by atoms with E-state index in [0.717, 1.165) is 44.5 Å². The van der Waals surface area contributed by atoms with Crippen LogP contribution in [-0.4, -0.2) is 85.0 Å². The summed E-state index contributed by atoms with van der Waals surface area (Å²) in [5.74, 6) is 0. The Labute approximate surface area is 154 Å².